The van der Waals surface area contributed by atoms with E-state index in [1.165, 1.54) is 0 Å². The molecule has 4 rings (SSSR count). The molecule has 0 saturated carbocycles. The number of nitrogens with zero attached hydrogens (tertiary/aromatic N) is 4. The summed E-state index contributed by atoms with van der Waals surface area (Å²) in [6.45, 7) is 11.7. The molecule has 6 atom stereocenters. The predicted molar refractivity (Wildman–Crippen MR) is 232 cm³/mol. The van der Waals surface area contributed by atoms with Crippen molar-refractivity contribution in [2.45, 2.75) is 106 Å². The summed E-state index contributed by atoms with van der Waals surface area (Å²) in [5.74, 6) is -6.26. The first-order chi connectivity index (χ1) is 31.1. The van der Waals surface area contributed by atoms with Gasteiger partial charge in [-0.3, -0.25) is 0 Å². The van der Waals surface area contributed by atoms with Crippen LogP contribution in [0.4, 0.5) is 0 Å². The van der Waals surface area contributed by atoms with Gasteiger partial charge in [-0.2, -0.15) is 0 Å². The van der Waals surface area contributed by atoms with E-state index in [9.17, 15) is 38.4 Å². The SMILES string of the molecule is CC(=O)OC[C@@H](OC(C)=O)[C@@H](OC(C)=O)[C@H](OC(C)=O)c1cn(-c2ccc(C)cc2)c([Se][Se]c2nc([C@@H](OC(C)=O)[C@H](OC(C)=O)[C@@H](COC(C)=O)OC(C)=O)cn2-c2ccc(C)cc2)n1. The fourth-order valence-electron chi connectivity index (χ4n) is 6.22. The summed E-state index contributed by atoms with van der Waals surface area (Å²) < 4.78 is 48.5. The van der Waals surface area contributed by atoms with Gasteiger partial charge in [-0.15, -0.1) is 0 Å². The molecule has 22 heteroatoms. The maximum absolute atomic E-state index is 12.7. The molecule has 2 aromatic carbocycles. The predicted octanol–water partition coefficient (Wildman–Crippen LogP) is 2.01. The number of aromatic nitrogens is 4. The van der Waals surface area contributed by atoms with Crippen molar-refractivity contribution in [3.63, 3.8) is 0 Å². The Hall–Kier alpha value is -6.34. The number of esters is 8. The summed E-state index contributed by atoms with van der Waals surface area (Å²) in [5, 5.41) is 0. The van der Waals surface area contributed by atoms with Gasteiger partial charge in [0.1, 0.15) is 0 Å². The van der Waals surface area contributed by atoms with Crippen LogP contribution >= 0.6 is 0 Å². The van der Waals surface area contributed by atoms with Crippen LogP contribution in [0.1, 0.15) is 90.1 Å². The molecule has 0 aliphatic heterocycles. The van der Waals surface area contributed by atoms with E-state index < -0.39 is 124 Å². The number of hydrogen-bond acceptors (Lipinski definition) is 18. The van der Waals surface area contributed by atoms with Crippen LogP contribution in [-0.2, 0) is 76.3 Å². The Morgan fingerprint density at radius 1 is 0.455 bits per heavy atom. The number of carbonyl (C=O) groups excluding carboxylic acids is 8. The van der Waals surface area contributed by atoms with Crippen molar-refractivity contribution < 1.29 is 76.3 Å². The number of benzene rings is 2. The monoisotopic (exact) mass is 1050 g/mol. The standard InChI is InChI=1S/C44H50N4O16Se2/c1-23-11-15-33(16-12-23)47-19-35(39(61-29(7)53)41(63-31(9)55)37(59-27(5)51)21-57-25(3)49)45-43(47)65-66-44-46-36(20-48(44)34-17-13-24(2)14-18-34)40(62-30(8)54)42(64-32(10)56)38(60-28(6)52)22-58-26(4)50/h11-20,37-42H,21-22H2,1-10H3/t37-,38-,39-,40-,41-,42-/m1/s1. The molecule has 0 aliphatic rings. The summed E-state index contributed by atoms with van der Waals surface area (Å²) in [6.07, 6.45) is -5.72. The molecule has 0 unspecified atom stereocenters. The van der Waals surface area contributed by atoms with Crippen molar-refractivity contribution in [1.29, 1.82) is 0 Å². The Morgan fingerprint density at radius 2 is 0.758 bits per heavy atom. The van der Waals surface area contributed by atoms with E-state index >= 15 is 0 Å². The number of imidazole rings is 2. The van der Waals surface area contributed by atoms with E-state index in [1.54, 1.807) is 21.5 Å². The Kier molecular flexibility index (Phi) is 19.2. The zero-order valence-corrected chi connectivity index (χ0v) is 41.2. The maximum atomic E-state index is 12.7. The topological polar surface area (TPSA) is 246 Å². The summed E-state index contributed by atoms with van der Waals surface area (Å²) in [4.78, 5) is 109. The minimum absolute atomic E-state index is 0.0932. The van der Waals surface area contributed by atoms with Crippen LogP contribution in [0.25, 0.3) is 11.4 Å². The van der Waals surface area contributed by atoms with Crippen molar-refractivity contribution in [1.82, 2.24) is 19.1 Å². The molecule has 20 nitrogen and oxygen atoms in total. The third-order valence-corrected chi connectivity index (χ3v) is 15.0. The van der Waals surface area contributed by atoms with Crippen LogP contribution in [0.3, 0.4) is 0 Å². The first-order valence-electron chi connectivity index (χ1n) is 20.1. The zero-order valence-electron chi connectivity index (χ0n) is 37.8. The van der Waals surface area contributed by atoms with Gasteiger partial charge in [-0.1, -0.05) is 0 Å². The molecular weight excluding hydrogens is 998 g/mol. The van der Waals surface area contributed by atoms with Crippen molar-refractivity contribution in [3.05, 3.63) is 83.4 Å². The van der Waals surface area contributed by atoms with E-state index in [-0.39, 0.29) is 11.4 Å². The Labute approximate surface area is 391 Å². The Balaban J connectivity index is 1.93. The van der Waals surface area contributed by atoms with E-state index in [4.69, 9.17) is 47.9 Å². The third kappa shape index (κ3) is 15.7. The summed E-state index contributed by atoms with van der Waals surface area (Å²) >= 11 is -1.23. The van der Waals surface area contributed by atoms with Gasteiger partial charge in [-0.05, 0) is 0 Å². The summed E-state index contributed by atoms with van der Waals surface area (Å²) in [7, 11) is 0. The molecule has 0 N–H and O–H groups in total. The second kappa shape index (κ2) is 24.3. The number of aryl methyl sites for hydroxylation is 2. The first kappa shape index (κ1) is 52.3. The van der Waals surface area contributed by atoms with Crippen LogP contribution in [-0.4, -0.2) is 131 Å². The van der Waals surface area contributed by atoms with Crippen molar-refractivity contribution in [2.24, 2.45) is 0 Å². The van der Waals surface area contributed by atoms with E-state index in [2.05, 4.69) is 0 Å². The van der Waals surface area contributed by atoms with E-state index in [0.717, 1.165) is 66.5 Å². The molecule has 4 aromatic rings. The molecule has 66 heavy (non-hydrogen) atoms. The zero-order chi connectivity index (χ0) is 48.8. The molecule has 354 valence electrons. The quantitative estimate of drug-likeness (QED) is 0.0658. The molecule has 2 heterocycles. The average Bonchev–Trinajstić information content (AvgIpc) is 3.84. The van der Waals surface area contributed by atoms with Gasteiger partial charge in [0.05, 0.1) is 0 Å². The molecule has 0 bridgehead atoms. The number of rotatable bonds is 21. The van der Waals surface area contributed by atoms with Crippen LogP contribution < -0.4 is 9.45 Å². The number of ether oxygens (including phenoxy) is 8. The van der Waals surface area contributed by atoms with Gasteiger partial charge >= 0.3 is 393 Å². The van der Waals surface area contributed by atoms with Gasteiger partial charge in [-0.25, -0.2) is 0 Å². The minimum atomic E-state index is -1.54. The second-order valence-corrected chi connectivity index (χ2v) is 20.4. The summed E-state index contributed by atoms with van der Waals surface area (Å²) in [5.41, 5.74) is 3.42. The summed E-state index contributed by atoms with van der Waals surface area (Å²) in [6, 6.07) is 14.9. The molecule has 0 saturated heterocycles. The molecule has 0 aliphatic carbocycles. The van der Waals surface area contributed by atoms with Crippen LogP contribution in [0, 0.1) is 13.8 Å². The second-order valence-electron chi connectivity index (χ2n) is 14.6. The van der Waals surface area contributed by atoms with Gasteiger partial charge in [0.25, 0.3) is 0 Å². The Bertz CT molecular complexity index is 2230. The van der Waals surface area contributed by atoms with Crippen LogP contribution in [0.15, 0.2) is 60.9 Å². The number of hydrogen-bond donors (Lipinski definition) is 0. The van der Waals surface area contributed by atoms with Crippen molar-refractivity contribution >= 4 is 83.5 Å². The fourth-order valence-corrected chi connectivity index (χ4v) is 12.3. The molecule has 0 fully saturated rings. The van der Waals surface area contributed by atoms with Crippen molar-refractivity contribution in [2.75, 3.05) is 13.2 Å². The molecule has 0 spiro atoms. The van der Waals surface area contributed by atoms with Gasteiger partial charge in [0.2, 0.25) is 0 Å². The first-order valence-corrected chi connectivity index (χ1v) is 26.1. The fraction of sp³-hybridized carbons (Fsp3) is 0.409. The van der Waals surface area contributed by atoms with Gasteiger partial charge < -0.3 is 0 Å². The normalized spacial score (nSPS) is 13.7. The molecule has 2 aromatic heterocycles. The van der Waals surface area contributed by atoms with Crippen LogP contribution in [0.5, 0.6) is 0 Å². The van der Waals surface area contributed by atoms with Crippen molar-refractivity contribution in [3.8, 4) is 11.4 Å². The molecular formula is C44H50N4O16Se2. The van der Waals surface area contributed by atoms with Gasteiger partial charge in [0, 0.05) is 0 Å². The average molecular weight is 1050 g/mol. The van der Waals surface area contributed by atoms with Gasteiger partial charge in [0.15, 0.2) is 0 Å². The van der Waals surface area contributed by atoms with Crippen LogP contribution in [0.2, 0.25) is 0 Å². The molecule has 0 radical (unpaired) electrons. The number of carbonyl (C=O) groups is 8. The Morgan fingerprint density at radius 3 is 1.03 bits per heavy atom. The third-order valence-electron chi connectivity index (χ3n) is 8.84. The molecule has 0 amide bonds. The van der Waals surface area contributed by atoms with E-state index in [0.29, 0.717) is 20.8 Å². The van der Waals surface area contributed by atoms with E-state index in [1.807, 2.05) is 62.4 Å².